The van der Waals surface area contributed by atoms with E-state index >= 15 is 0 Å². The first kappa shape index (κ1) is 12.3. The van der Waals surface area contributed by atoms with Crippen molar-refractivity contribution in [2.45, 2.75) is 64.4 Å². The van der Waals surface area contributed by atoms with E-state index in [9.17, 15) is 4.79 Å². The molecule has 1 rings (SSSR count). The van der Waals surface area contributed by atoms with Crippen molar-refractivity contribution in [2.75, 3.05) is 0 Å². The van der Waals surface area contributed by atoms with Gasteiger partial charge in [-0.3, -0.25) is 4.79 Å². The third kappa shape index (κ3) is 5.60. The highest BCUT2D eigenvalue weighted by atomic mass is 16.5. The molecule has 86 valence electrons. The molecule has 2 heteroatoms. The van der Waals surface area contributed by atoms with Crippen molar-refractivity contribution in [1.29, 1.82) is 0 Å². The molecular weight excluding hydrogens is 188 g/mol. The van der Waals surface area contributed by atoms with Gasteiger partial charge < -0.3 is 4.74 Å². The van der Waals surface area contributed by atoms with E-state index in [-0.39, 0.29) is 12.1 Å². The van der Waals surface area contributed by atoms with Crippen molar-refractivity contribution < 1.29 is 9.53 Å². The summed E-state index contributed by atoms with van der Waals surface area (Å²) in [5, 5.41) is 0. The summed E-state index contributed by atoms with van der Waals surface area (Å²) >= 11 is 0. The highest BCUT2D eigenvalue weighted by Gasteiger charge is 2.13. The Morgan fingerprint density at radius 3 is 3.00 bits per heavy atom. The molecule has 0 amide bonds. The Morgan fingerprint density at radius 2 is 2.20 bits per heavy atom. The Bertz CT molecular complexity index is 209. The molecule has 0 unspecified atom stereocenters. The molecule has 1 aliphatic rings. The van der Waals surface area contributed by atoms with Gasteiger partial charge in [-0.05, 0) is 19.3 Å². The van der Waals surface area contributed by atoms with Crippen LogP contribution in [0.25, 0.3) is 0 Å². The van der Waals surface area contributed by atoms with Crippen LogP contribution >= 0.6 is 0 Å². The van der Waals surface area contributed by atoms with Gasteiger partial charge in [-0.15, -0.1) is 0 Å². The van der Waals surface area contributed by atoms with Gasteiger partial charge in [-0.1, -0.05) is 38.3 Å². The summed E-state index contributed by atoms with van der Waals surface area (Å²) in [5.74, 6) is -0.0279. The zero-order valence-electron chi connectivity index (χ0n) is 9.71. The van der Waals surface area contributed by atoms with Crippen LogP contribution < -0.4 is 0 Å². The second-order valence-electron chi connectivity index (χ2n) is 4.21. The van der Waals surface area contributed by atoms with E-state index in [2.05, 4.69) is 19.1 Å². The maximum Gasteiger partial charge on any atom is 0.306 e. The molecule has 0 aliphatic carbocycles. The van der Waals surface area contributed by atoms with E-state index in [1.807, 2.05) is 0 Å². The summed E-state index contributed by atoms with van der Waals surface area (Å²) in [6, 6.07) is 0. The predicted molar refractivity (Wildman–Crippen MR) is 61.6 cm³/mol. The van der Waals surface area contributed by atoms with Crippen LogP contribution in [0.3, 0.4) is 0 Å². The molecule has 0 spiro atoms. The molecule has 2 nitrogen and oxygen atoms in total. The first-order chi connectivity index (χ1) is 7.33. The van der Waals surface area contributed by atoms with Crippen molar-refractivity contribution in [3.05, 3.63) is 12.2 Å². The molecule has 0 aromatic carbocycles. The van der Waals surface area contributed by atoms with E-state index in [1.165, 1.54) is 25.7 Å². The summed E-state index contributed by atoms with van der Waals surface area (Å²) in [6.07, 6.45) is 12.7. The van der Waals surface area contributed by atoms with Crippen LogP contribution in [-0.4, -0.2) is 12.1 Å². The van der Waals surface area contributed by atoms with Crippen molar-refractivity contribution in [3.8, 4) is 0 Å². The minimum absolute atomic E-state index is 0.0279. The number of esters is 1. The second kappa shape index (κ2) is 7.49. The lowest BCUT2D eigenvalue weighted by Gasteiger charge is -2.17. The smallest absolute Gasteiger partial charge is 0.306 e. The van der Waals surface area contributed by atoms with Crippen LogP contribution in [0.1, 0.15) is 58.3 Å². The van der Waals surface area contributed by atoms with Gasteiger partial charge in [0.2, 0.25) is 0 Å². The van der Waals surface area contributed by atoms with Crippen LogP contribution in [0.4, 0.5) is 0 Å². The van der Waals surface area contributed by atoms with Crippen LogP contribution in [0.5, 0.6) is 0 Å². The number of rotatable bonds is 5. The number of unbranched alkanes of at least 4 members (excludes halogenated alkanes) is 3. The normalized spacial score (nSPS) is 24.1. The Morgan fingerprint density at radius 1 is 1.33 bits per heavy atom. The zero-order chi connectivity index (χ0) is 10.9. The van der Waals surface area contributed by atoms with Gasteiger partial charge in [0, 0.05) is 12.8 Å². The van der Waals surface area contributed by atoms with Crippen molar-refractivity contribution >= 4 is 5.97 Å². The van der Waals surface area contributed by atoms with Gasteiger partial charge >= 0.3 is 5.97 Å². The average molecular weight is 210 g/mol. The summed E-state index contributed by atoms with van der Waals surface area (Å²) in [6.45, 7) is 2.21. The molecular formula is C13H22O2. The number of allylic oxidation sites excluding steroid dienone is 1. The van der Waals surface area contributed by atoms with Gasteiger partial charge in [-0.2, -0.15) is 0 Å². The van der Waals surface area contributed by atoms with Gasteiger partial charge in [0.25, 0.3) is 0 Å². The standard InChI is InChI=1S/C13H22O2/c1-2-3-4-6-9-12-10-7-5-8-11-13(14)15-12/h5,7,12H,2-4,6,8-11H2,1H3/b7-5-/t12-/m0/s1. The van der Waals surface area contributed by atoms with Gasteiger partial charge in [0.15, 0.2) is 0 Å². The summed E-state index contributed by atoms with van der Waals surface area (Å²) in [4.78, 5) is 11.3. The molecule has 0 saturated carbocycles. The highest BCUT2D eigenvalue weighted by Crippen LogP contribution is 2.15. The number of cyclic esters (lactones) is 1. The highest BCUT2D eigenvalue weighted by molar-refractivity contribution is 5.69. The summed E-state index contributed by atoms with van der Waals surface area (Å²) in [7, 11) is 0. The fourth-order valence-electron chi connectivity index (χ4n) is 1.84. The Balaban J connectivity index is 2.22. The maximum absolute atomic E-state index is 11.3. The molecule has 0 aromatic rings. The molecule has 0 bridgehead atoms. The van der Waals surface area contributed by atoms with Crippen LogP contribution in [-0.2, 0) is 9.53 Å². The monoisotopic (exact) mass is 210 g/mol. The fourth-order valence-corrected chi connectivity index (χ4v) is 1.84. The predicted octanol–water partition coefficient (Wildman–Crippen LogP) is 3.61. The number of hydrogen-bond acceptors (Lipinski definition) is 2. The minimum atomic E-state index is -0.0279. The van der Waals surface area contributed by atoms with E-state index < -0.39 is 0 Å². The van der Waals surface area contributed by atoms with E-state index in [0.717, 1.165) is 19.3 Å². The lowest BCUT2D eigenvalue weighted by atomic mass is 10.1. The number of carbonyl (C=O) groups excluding carboxylic acids is 1. The minimum Gasteiger partial charge on any atom is -0.462 e. The quantitative estimate of drug-likeness (QED) is 0.393. The summed E-state index contributed by atoms with van der Waals surface area (Å²) < 4.78 is 5.38. The lowest BCUT2D eigenvalue weighted by molar-refractivity contribution is -0.149. The van der Waals surface area contributed by atoms with Gasteiger partial charge in [-0.25, -0.2) is 0 Å². The Labute approximate surface area is 92.7 Å². The van der Waals surface area contributed by atoms with E-state index in [1.54, 1.807) is 0 Å². The third-order valence-electron chi connectivity index (χ3n) is 2.76. The van der Waals surface area contributed by atoms with E-state index in [4.69, 9.17) is 4.74 Å². The van der Waals surface area contributed by atoms with Crippen molar-refractivity contribution in [2.24, 2.45) is 0 Å². The molecule has 0 fully saturated rings. The number of carbonyl (C=O) groups is 1. The first-order valence-electron chi connectivity index (χ1n) is 6.17. The topological polar surface area (TPSA) is 26.3 Å². The maximum atomic E-state index is 11.3. The molecule has 0 radical (unpaired) electrons. The first-order valence-corrected chi connectivity index (χ1v) is 6.17. The van der Waals surface area contributed by atoms with Crippen LogP contribution in [0.2, 0.25) is 0 Å². The average Bonchev–Trinajstić information content (AvgIpc) is 2.19. The van der Waals surface area contributed by atoms with Crippen LogP contribution in [0, 0.1) is 0 Å². The van der Waals surface area contributed by atoms with Crippen molar-refractivity contribution in [1.82, 2.24) is 0 Å². The molecule has 1 atom stereocenters. The number of ether oxygens (including phenoxy) is 1. The Kier molecular flexibility index (Phi) is 6.14. The van der Waals surface area contributed by atoms with Crippen LogP contribution in [0.15, 0.2) is 12.2 Å². The summed E-state index contributed by atoms with van der Waals surface area (Å²) in [5.41, 5.74) is 0. The second-order valence-corrected chi connectivity index (χ2v) is 4.21. The number of hydrogen-bond donors (Lipinski definition) is 0. The van der Waals surface area contributed by atoms with Crippen molar-refractivity contribution in [3.63, 3.8) is 0 Å². The molecule has 15 heavy (non-hydrogen) atoms. The molecule has 0 N–H and O–H groups in total. The SMILES string of the molecule is CCCCCC[C@H]1C/C=C\CCC(=O)O1. The fraction of sp³-hybridized carbons (Fsp3) is 0.769. The largest absolute Gasteiger partial charge is 0.462 e. The lowest BCUT2D eigenvalue weighted by Crippen LogP contribution is -2.18. The third-order valence-corrected chi connectivity index (χ3v) is 2.76. The zero-order valence-corrected chi connectivity index (χ0v) is 9.71. The van der Waals surface area contributed by atoms with Gasteiger partial charge in [0.05, 0.1) is 0 Å². The molecule has 0 saturated heterocycles. The molecule has 1 heterocycles. The molecule has 0 aromatic heterocycles. The van der Waals surface area contributed by atoms with E-state index in [0.29, 0.717) is 6.42 Å². The molecule has 1 aliphatic heterocycles. The van der Waals surface area contributed by atoms with Gasteiger partial charge in [0.1, 0.15) is 6.10 Å². The Hall–Kier alpha value is -0.790.